The van der Waals surface area contributed by atoms with Crippen LogP contribution in [0.3, 0.4) is 0 Å². The van der Waals surface area contributed by atoms with Crippen LogP contribution in [0, 0.1) is 0 Å². The molecule has 0 aliphatic rings. The predicted octanol–water partition coefficient (Wildman–Crippen LogP) is -0.868. The van der Waals surface area contributed by atoms with E-state index in [1.807, 2.05) is 0 Å². The minimum atomic E-state index is 0.778. The topological polar surface area (TPSA) is 148 Å². The highest BCUT2D eigenvalue weighted by Crippen LogP contribution is 1.82. The second kappa shape index (κ2) is 35.6. The van der Waals surface area contributed by atoms with E-state index in [2.05, 4.69) is 42.5 Å². The Bertz CT molecular complexity index is 356. The molecule has 0 aromatic rings. The molecule has 0 bridgehead atoms. The Morgan fingerprint density at radius 1 is 0.216 bits per heavy atom. The van der Waals surface area contributed by atoms with Crippen LogP contribution >= 0.6 is 0 Å². The summed E-state index contributed by atoms with van der Waals surface area (Å²) < 4.78 is 0. The van der Waals surface area contributed by atoms with Crippen molar-refractivity contribution in [2.75, 3.05) is 118 Å². The molecule has 12 N–H and O–H groups in total. The fourth-order valence-electron chi connectivity index (χ4n) is 3.82. The zero-order valence-corrected chi connectivity index (χ0v) is 24.2. The van der Waals surface area contributed by atoms with Crippen LogP contribution in [-0.2, 0) is 0 Å². The van der Waals surface area contributed by atoms with E-state index in [1.54, 1.807) is 0 Å². The van der Waals surface area contributed by atoms with Crippen LogP contribution < -0.4 is 54.0 Å². The summed E-state index contributed by atoms with van der Waals surface area (Å²) in [6, 6.07) is 0. The van der Waals surface area contributed by atoms with Crippen LogP contribution in [0.1, 0.15) is 57.8 Å². The molecule has 37 heavy (non-hydrogen) atoms. The number of nitrogens with two attached hydrogens (primary N) is 2. The van der Waals surface area contributed by atoms with Gasteiger partial charge < -0.3 is 54.0 Å². The first-order chi connectivity index (χ1) is 18.4. The molecule has 0 aromatic heterocycles. The lowest BCUT2D eigenvalue weighted by Gasteiger charge is -2.09. The van der Waals surface area contributed by atoms with Crippen molar-refractivity contribution in [3.05, 3.63) is 0 Å². The summed E-state index contributed by atoms with van der Waals surface area (Å²) in [6.07, 6.45) is 10.5. The highest BCUT2D eigenvalue weighted by Gasteiger charge is 1.94. The van der Waals surface area contributed by atoms with Crippen LogP contribution in [0.2, 0.25) is 0 Å². The third-order valence-corrected chi connectivity index (χ3v) is 6.07. The van der Waals surface area contributed by atoms with E-state index in [1.165, 1.54) is 44.9 Å². The lowest BCUT2D eigenvalue weighted by molar-refractivity contribution is 0.534. The molecule has 0 aromatic carbocycles. The molecule has 0 heterocycles. The van der Waals surface area contributed by atoms with E-state index in [9.17, 15) is 0 Å². The van der Waals surface area contributed by atoms with E-state index in [0.717, 1.165) is 131 Å². The molecule has 0 amide bonds. The Kier molecular flexibility index (Phi) is 35.2. The van der Waals surface area contributed by atoms with Gasteiger partial charge in [0.1, 0.15) is 0 Å². The molecule has 0 unspecified atom stereocenters. The van der Waals surface area contributed by atoms with Crippen LogP contribution in [0.15, 0.2) is 0 Å². The summed E-state index contributed by atoms with van der Waals surface area (Å²) in [6.45, 7) is 19.0. The molecule has 10 heteroatoms. The maximum absolute atomic E-state index is 5.48. The van der Waals surface area contributed by atoms with Crippen molar-refractivity contribution in [2.24, 2.45) is 11.5 Å². The monoisotopic (exact) mass is 531 g/mol. The van der Waals surface area contributed by atoms with Crippen molar-refractivity contribution in [3.8, 4) is 0 Å². The van der Waals surface area contributed by atoms with E-state index in [-0.39, 0.29) is 0 Å². The summed E-state index contributed by atoms with van der Waals surface area (Å²) in [7, 11) is 0. The second-order valence-corrected chi connectivity index (χ2v) is 9.76. The van der Waals surface area contributed by atoms with Gasteiger partial charge in [0, 0.05) is 0 Å². The fraction of sp³-hybridized carbons (Fsp3) is 1.00. The number of hydrogen-bond acceptors (Lipinski definition) is 10. The van der Waals surface area contributed by atoms with Crippen molar-refractivity contribution in [1.82, 2.24) is 42.5 Å². The first-order valence-electron chi connectivity index (χ1n) is 15.5. The van der Waals surface area contributed by atoms with Crippen molar-refractivity contribution < 1.29 is 0 Å². The minimum Gasteiger partial charge on any atom is -0.330 e. The molecule has 0 rings (SSSR count). The Labute approximate surface area is 229 Å². The van der Waals surface area contributed by atoms with Gasteiger partial charge in [0.2, 0.25) is 0 Å². The standard InChI is InChI=1S/C27H66N10/c28-10-1-12-30-14-3-16-32-18-5-20-34-22-7-24-36-26-9-27-37-25-8-23-35-21-6-19-33-17-4-15-31-13-2-11-29/h30-37H,1-29H2. The Balaban J connectivity index is 3.00. The first-order valence-corrected chi connectivity index (χ1v) is 15.5. The Morgan fingerprint density at radius 3 is 0.486 bits per heavy atom. The van der Waals surface area contributed by atoms with Gasteiger partial charge in [-0.1, -0.05) is 0 Å². The average molecular weight is 531 g/mol. The summed E-state index contributed by atoms with van der Waals surface area (Å²) in [5.41, 5.74) is 11.0. The summed E-state index contributed by atoms with van der Waals surface area (Å²) in [5.74, 6) is 0. The van der Waals surface area contributed by atoms with Gasteiger partial charge >= 0.3 is 0 Å². The lowest BCUT2D eigenvalue weighted by atomic mass is 10.3. The van der Waals surface area contributed by atoms with Gasteiger partial charge in [0.05, 0.1) is 0 Å². The molecule has 0 aliphatic carbocycles. The van der Waals surface area contributed by atoms with Crippen LogP contribution in [-0.4, -0.2) is 118 Å². The van der Waals surface area contributed by atoms with E-state index in [0.29, 0.717) is 0 Å². The largest absolute Gasteiger partial charge is 0.330 e. The SMILES string of the molecule is NCCCNCCCNCCCNCCCNCCCNCCCNCCCNCCCNCCCN. The zero-order chi connectivity index (χ0) is 26.7. The van der Waals surface area contributed by atoms with Gasteiger partial charge in [-0.3, -0.25) is 0 Å². The molecule has 0 saturated heterocycles. The number of hydrogen-bond donors (Lipinski definition) is 10. The third-order valence-electron chi connectivity index (χ3n) is 6.07. The predicted molar refractivity (Wildman–Crippen MR) is 163 cm³/mol. The summed E-state index contributed by atoms with van der Waals surface area (Å²) >= 11 is 0. The van der Waals surface area contributed by atoms with Gasteiger partial charge in [0.15, 0.2) is 0 Å². The van der Waals surface area contributed by atoms with Crippen molar-refractivity contribution in [3.63, 3.8) is 0 Å². The van der Waals surface area contributed by atoms with Crippen molar-refractivity contribution >= 4 is 0 Å². The molecule has 0 radical (unpaired) electrons. The van der Waals surface area contributed by atoms with Gasteiger partial charge in [-0.05, 0) is 176 Å². The van der Waals surface area contributed by atoms with Crippen molar-refractivity contribution in [1.29, 1.82) is 0 Å². The maximum Gasteiger partial charge on any atom is -0.00368 e. The average Bonchev–Trinajstić information content (AvgIpc) is 2.91. The van der Waals surface area contributed by atoms with Gasteiger partial charge in [-0.25, -0.2) is 0 Å². The third kappa shape index (κ3) is 35.6. The molecular formula is C27H66N10. The zero-order valence-electron chi connectivity index (χ0n) is 24.2. The number of nitrogens with one attached hydrogen (secondary N) is 8. The van der Waals surface area contributed by atoms with Gasteiger partial charge in [-0.2, -0.15) is 0 Å². The molecule has 10 nitrogen and oxygen atoms in total. The van der Waals surface area contributed by atoms with E-state index >= 15 is 0 Å². The smallest absolute Gasteiger partial charge is 0.00368 e. The van der Waals surface area contributed by atoms with Crippen molar-refractivity contribution in [2.45, 2.75) is 57.8 Å². The number of rotatable bonds is 34. The minimum absolute atomic E-state index is 0.778. The lowest BCUT2D eigenvalue weighted by Crippen LogP contribution is -2.28. The molecule has 0 saturated carbocycles. The molecule has 0 spiro atoms. The van der Waals surface area contributed by atoms with E-state index < -0.39 is 0 Å². The van der Waals surface area contributed by atoms with E-state index in [4.69, 9.17) is 11.5 Å². The summed E-state index contributed by atoms with van der Waals surface area (Å²) in [5, 5.41) is 28.0. The highest BCUT2D eigenvalue weighted by molar-refractivity contribution is 4.58. The highest BCUT2D eigenvalue weighted by atomic mass is 14.9. The molecule has 0 aliphatic heterocycles. The Morgan fingerprint density at radius 2 is 0.351 bits per heavy atom. The second-order valence-electron chi connectivity index (χ2n) is 9.76. The van der Waals surface area contributed by atoms with Gasteiger partial charge in [-0.15, -0.1) is 0 Å². The molecular weight excluding hydrogens is 464 g/mol. The summed E-state index contributed by atoms with van der Waals surface area (Å²) in [4.78, 5) is 0. The Hall–Kier alpha value is -0.400. The first kappa shape index (κ1) is 36.6. The normalized spacial score (nSPS) is 11.5. The molecule has 0 atom stereocenters. The quantitative estimate of drug-likeness (QED) is 0.0476. The van der Waals surface area contributed by atoms with Gasteiger partial charge in [0.25, 0.3) is 0 Å². The maximum atomic E-state index is 5.48. The van der Waals surface area contributed by atoms with Crippen LogP contribution in [0.4, 0.5) is 0 Å². The van der Waals surface area contributed by atoms with Crippen LogP contribution in [0.25, 0.3) is 0 Å². The van der Waals surface area contributed by atoms with Crippen LogP contribution in [0.5, 0.6) is 0 Å². The fourth-order valence-corrected chi connectivity index (χ4v) is 3.82. The molecule has 0 fully saturated rings. The molecule has 224 valence electrons.